The van der Waals surface area contributed by atoms with Crippen LogP contribution >= 0.6 is 39.7 Å². The second-order valence-corrected chi connectivity index (χ2v) is 7.40. The van der Waals surface area contributed by atoms with Crippen LogP contribution in [0.3, 0.4) is 0 Å². The number of nitrogens with zero attached hydrogens (tertiary/aromatic N) is 1. The summed E-state index contributed by atoms with van der Waals surface area (Å²) in [4.78, 5) is 4.12. The summed E-state index contributed by atoms with van der Waals surface area (Å²) < 4.78 is 0.868. The number of hydrogen-bond acceptors (Lipinski definition) is 2. The van der Waals surface area contributed by atoms with Crippen molar-refractivity contribution in [3.63, 3.8) is 0 Å². The summed E-state index contributed by atoms with van der Waals surface area (Å²) in [6.07, 6.45) is 8.20. The van der Waals surface area contributed by atoms with E-state index in [4.69, 9.17) is 23.8 Å². The van der Waals surface area contributed by atoms with Crippen molar-refractivity contribution >= 4 is 50.5 Å². The number of thiocarbonyl (C=S) groups is 1. The van der Waals surface area contributed by atoms with Crippen LogP contribution in [-0.2, 0) is 5.54 Å². The maximum atomic E-state index is 6.13. The zero-order valence-electron chi connectivity index (χ0n) is 12.5. The first-order valence-electron chi connectivity index (χ1n) is 7.54. The Labute approximate surface area is 155 Å². The molecule has 6 heteroatoms. The highest BCUT2D eigenvalue weighted by molar-refractivity contribution is 9.10. The molecule has 1 aliphatic rings. The molecule has 0 aliphatic heterocycles. The van der Waals surface area contributed by atoms with Crippen molar-refractivity contribution < 1.29 is 0 Å². The maximum absolute atomic E-state index is 6.13. The molecule has 1 aromatic carbocycles. The summed E-state index contributed by atoms with van der Waals surface area (Å²) in [5.74, 6) is 0. The van der Waals surface area contributed by atoms with Gasteiger partial charge in [-0.25, -0.2) is 0 Å². The van der Waals surface area contributed by atoms with Gasteiger partial charge in [0.15, 0.2) is 5.11 Å². The molecule has 0 spiro atoms. The Morgan fingerprint density at radius 3 is 2.52 bits per heavy atom. The molecule has 1 saturated carbocycles. The van der Waals surface area contributed by atoms with Crippen molar-refractivity contribution in [3.8, 4) is 0 Å². The van der Waals surface area contributed by atoms with E-state index in [1.807, 2.05) is 30.6 Å². The summed E-state index contributed by atoms with van der Waals surface area (Å²) >= 11 is 15.1. The molecule has 3 rings (SSSR count). The number of nitrogens with one attached hydrogen (secondary N) is 2. The minimum Gasteiger partial charge on any atom is -0.353 e. The maximum Gasteiger partial charge on any atom is 0.171 e. The van der Waals surface area contributed by atoms with Gasteiger partial charge in [-0.15, -0.1) is 0 Å². The fourth-order valence-electron chi connectivity index (χ4n) is 3.09. The Hall–Kier alpha value is -1.17. The minimum absolute atomic E-state index is 0.105. The molecule has 1 fully saturated rings. The highest BCUT2D eigenvalue weighted by atomic mass is 79.9. The van der Waals surface area contributed by atoms with Gasteiger partial charge in [0.05, 0.1) is 10.6 Å². The second-order valence-electron chi connectivity index (χ2n) is 5.73. The molecule has 1 aliphatic carbocycles. The quantitative estimate of drug-likeness (QED) is 0.677. The number of aromatic nitrogens is 1. The third-order valence-corrected chi connectivity index (χ3v) is 5.66. The van der Waals surface area contributed by atoms with Crippen molar-refractivity contribution in [2.24, 2.45) is 0 Å². The second kappa shape index (κ2) is 7.16. The predicted molar refractivity (Wildman–Crippen MR) is 103 cm³/mol. The molecule has 0 bridgehead atoms. The number of pyridine rings is 1. The van der Waals surface area contributed by atoms with Gasteiger partial charge in [0.2, 0.25) is 0 Å². The average molecular weight is 411 g/mol. The van der Waals surface area contributed by atoms with Gasteiger partial charge in [-0.2, -0.15) is 0 Å². The molecular formula is C17H17BrClN3S. The summed E-state index contributed by atoms with van der Waals surface area (Å²) in [6, 6.07) is 9.83. The van der Waals surface area contributed by atoms with Crippen molar-refractivity contribution in [2.45, 2.75) is 31.2 Å². The third-order valence-electron chi connectivity index (χ3n) is 4.22. The van der Waals surface area contributed by atoms with Crippen LogP contribution in [-0.4, -0.2) is 10.1 Å². The van der Waals surface area contributed by atoms with E-state index in [0.717, 1.165) is 23.0 Å². The first-order chi connectivity index (χ1) is 11.1. The highest BCUT2D eigenvalue weighted by Crippen LogP contribution is 2.38. The Morgan fingerprint density at radius 1 is 1.17 bits per heavy atom. The van der Waals surface area contributed by atoms with E-state index in [1.165, 1.54) is 18.4 Å². The summed E-state index contributed by atoms with van der Waals surface area (Å²) in [5.41, 5.74) is 2.01. The number of halogens is 2. The molecule has 0 atom stereocenters. The largest absolute Gasteiger partial charge is 0.353 e. The number of anilines is 1. The average Bonchev–Trinajstić information content (AvgIpc) is 3.01. The first kappa shape index (κ1) is 16.7. The van der Waals surface area contributed by atoms with Crippen LogP contribution in [0.5, 0.6) is 0 Å². The molecule has 0 amide bonds. The van der Waals surface area contributed by atoms with E-state index in [9.17, 15) is 0 Å². The van der Waals surface area contributed by atoms with Crippen LogP contribution in [0.4, 0.5) is 5.69 Å². The number of rotatable bonds is 3. The lowest BCUT2D eigenvalue weighted by atomic mass is 9.89. The molecule has 0 unspecified atom stereocenters. The van der Waals surface area contributed by atoms with Crippen LogP contribution < -0.4 is 10.6 Å². The fraction of sp³-hybridized carbons (Fsp3) is 0.294. The number of benzene rings is 1. The zero-order chi connectivity index (χ0) is 16.3. The van der Waals surface area contributed by atoms with Gasteiger partial charge in [-0.05, 0) is 76.9 Å². The summed E-state index contributed by atoms with van der Waals surface area (Å²) in [7, 11) is 0. The summed E-state index contributed by atoms with van der Waals surface area (Å²) in [5, 5.41) is 8.03. The van der Waals surface area contributed by atoms with Crippen LogP contribution in [0, 0.1) is 0 Å². The Kier molecular flexibility index (Phi) is 5.19. The molecule has 1 aromatic heterocycles. The van der Waals surface area contributed by atoms with Gasteiger partial charge < -0.3 is 10.6 Å². The zero-order valence-corrected chi connectivity index (χ0v) is 15.6. The van der Waals surface area contributed by atoms with E-state index in [2.05, 4.69) is 43.7 Å². The van der Waals surface area contributed by atoms with E-state index >= 15 is 0 Å². The van der Waals surface area contributed by atoms with Gasteiger partial charge in [-0.1, -0.05) is 24.4 Å². The van der Waals surface area contributed by atoms with E-state index in [0.29, 0.717) is 10.1 Å². The van der Waals surface area contributed by atoms with Gasteiger partial charge in [0, 0.05) is 22.6 Å². The van der Waals surface area contributed by atoms with Crippen LogP contribution in [0.1, 0.15) is 31.2 Å². The molecule has 0 saturated heterocycles. The molecule has 23 heavy (non-hydrogen) atoms. The Bertz CT molecular complexity index is 702. The number of hydrogen-bond donors (Lipinski definition) is 2. The van der Waals surface area contributed by atoms with E-state index in [1.54, 1.807) is 0 Å². The molecule has 1 heterocycles. The van der Waals surface area contributed by atoms with Gasteiger partial charge in [0.1, 0.15) is 0 Å². The molecule has 0 radical (unpaired) electrons. The lowest BCUT2D eigenvalue weighted by Crippen LogP contribution is -2.45. The monoisotopic (exact) mass is 409 g/mol. The lowest BCUT2D eigenvalue weighted by Gasteiger charge is -2.32. The lowest BCUT2D eigenvalue weighted by molar-refractivity contribution is 0.408. The minimum atomic E-state index is -0.105. The predicted octanol–water partition coefficient (Wildman–Crippen LogP) is 5.25. The highest BCUT2D eigenvalue weighted by Gasteiger charge is 2.36. The fourth-order valence-corrected chi connectivity index (χ4v) is 3.83. The summed E-state index contributed by atoms with van der Waals surface area (Å²) in [6.45, 7) is 0. The first-order valence-corrected chi connectivity index (χ1v) is 9.12. The van der Waals surface area contributed by atoms with E-state index in [-0.39, 0.29) is 5.54 Å². The molecule has 3 nitrogen and oxygen atoms in total. The van der Waals surface area contributed by atoms with Crippen molar-refractivity contribution in [2.75, 3.05) is 5.32 Å². The van der Waals surface area contributed by atoms with Crippen LogP contribution in [0.2, 0.25) is 5.02 Å². The van der Waals surface area contributed by atoms with Crippen molar-refractivity contribution in [3.05, 3.63) is 57.8 Å². The van der Waals surface area contributed by atoms with Crippen LogP contribution in [0.25, 0.3) is 0 Å². The Balaban J connectivity index is 1.75. The van der Waals surface area contributed by atoms with E-state index < -0.39 is 0 Å². The topological polar surface area (TPSA) is 37.0 Å². The van der Waals surface area contributed by atoms with Gasteiger partial charge in [0.25, 0.3) is 0 Å². The Morgan fingerprint density at radius 2 is 1.87 bits per heavy atom. The molecular weight excluding hydrogens is 394 g/mol. The van der Waals surface area contributed by atoms with Crippen LogP contribution in [0.15, 0.2) is 47.2 Å². The normalized spacial score (nSPS) is 16.1. The van der Waals surface area contributed by atoms with Crippen molar-refractivity contribution in [1.29, 1.82) is 0 Å². The molecule has 2 aromatic rings. The molecule has 120 valence electrons. The smallest absolute Gasteiger partial charge is 0.171 e. The standard InChI is InChI=1S/C17H17BrClN3S/c18-14-4-3-13(11-15(14)19)21-16(23)22-17(7-1-2-8-17)12-5-9-20-10-6-12/h3-6,9-11H,1-2,7-8H2,(H2,21,22,23). The third kappa shape index (κ3) is 3.84. The molecule has 2 N–H and O–H groups in total. The van der Waals surface area contributed by atoms with Crippen molar-refractivity contribution in [1.82, 2.24) is 10.3 Å². The van der Waals surface area contributed by atoms with Gasteiger partial charge >= 0.3 is 0 Å². The SMILES string of the molecule is S=C(Nc1ccc(Br)c(Cl)c1)NC1(c2ccncc2)CCCC1. The van der Waals surface area contributed by atoms with Gasteiger partial charge in [-0.3, -0.25) is 4.98 Å².